The molecular weight excluding hydrogens is 224 g/mol. The van der Waals surface area contributed by atoms with Crippen LogP contribution in [0.5, 0.6) is 0 Å². The number of nitrogen functional groups attached to an aromatic ring is 1. The summed E-state index contributed by atoms with van der Waals surface area (Å²) in [5.41, 5.74) is 7.48. The molecule has 0 atom stereocenters. The molecule has 0 amide bonds. The zero-order valence-electron chi connectivity index (χ0n) is 8.52. The number of rotatable bonds is 3. The lowest BCUT2D eigenvalue weighted by atomic mass is 10.2. The summed E-state index contributed by atoms with van der Waals surface area (Å²) in [7, 11) is 0. The molecule has 82 valence electrons. The zero-order chi connectivity index (χ0) is 11.4. The van der Waals surface area contributed by atoms with Crippen molar-refractivity contribution in [2.24, 2.45) is 0 Å². The van der Waals surface area contributed by atoms with Gasteiger partial charge in [0, 0.05) is 12.2 Å². The fraction of sp³-hybridized carbons (Fsp3) is 0.0909. The van der Waals surface area contributed by atoms with E-state index < -0.39 is 0 Å². The van der Waals surface area contributed by atoms with Crippen LogP contribution in [-0.4, -0.2) is 10.2 Å². The topological polar surface area (TPSA) is 63.8 Å². The molecule has 0 saturated heterocycles. The zero-order valence-corrected chi connectivity index (χ0v) is 9.28. The van der Waals surface area contributed by atoms with Gasteiger partial charge in [0.1, 0.15) is 5.82 Å². The second kappa shape index (κ2) is 4.81. The van der Waals surface area contributed by atoms with E-state index in [9.17, 15) is 0 Å². The van der Waals surface area contributed by atoms with E-state index in [0.717, 1.165) is 11.3 Å². The van der Waals surface area contributed by atoms with Crippen LogP contribution < -0.4 is 11.1 Å². The lowest BCUT2D eigenvalue weighted by Gasteiger charge is -2.04. The lowest BCUT2D eigenvalue weighted by molar-refractivity contribution is 1.00. The van der Waals surface area contributed by atoms with Gasteiger partial charge in [-0.05, 0) is 29.8 Å². The van der Waals surface area contributed by atoms with Crippen LogP contribution >= 0.6 is 11.6 Å². The third-order valence-electron chi connectivity index (χ3n) is 2.09. The maximum atomic E-state index is 5.63. The quantitative estimate of drug-likeness (QED) is 0.800. The highest BCUT2D eigenvalue weighted by molar-refractivity contribution is 6.29. The molecule has 1 aromatic carbocycles. The van der Waals surface area contributed by atoms with Gasteiger partial charge in [-0.2, -0.15) is 0 Å². The van der Waals surface area contributed by atoms with Crippen LogP contribution in [0.2, 0.25) is 5.15 Å². The van der Waals surface area contributed by atoms with Gasteiger partial charge < -0.3 is 11.1 Å². The van der Waals surface area contributed by atoms with E-state index in [1.165, 1.54) is 0 Å². The van der Waals surface area contributed by atoms with E-state index in [4.69, 9.17) is 17.3 Å². The van der Waals surface area contributed by atoms with Crippen molar-refractivity contribution in [2.75, 3.05) is 11.1 Å². The van der Waals surface area contributed by atoms with E-state index in [1.54, 1.807) is 12.1 Å². The molecule has 0 fully saturated rings. The van der Waals surface area contributed by atoms with Crippen LogP contribution in [0.1, 0.15) is 5.56 Å². The number of hydrogen-bond acceptors (Lipinski definition) is 4. The Hall–Kier alpha value is -1.81. The Kier molecular flexibility index (Phi) is 3.22. The summed E-state index contributed by atoms with van der Waals surface area (Å²) in [5.74, 6) is 0.696. The maximum Gasteiger partial charge on any atom is 0.151 e. The molecule has 5 heteroatoms. The number of nitrogens with zero attached hydrogens (tertiary/aromatic N) is 2. The van der Waals surface area contributed by atoms with Crippen molar-refractivity contribution >= 4 is 23.1 Å². The summed E-state index contributed by atoms with van der Waals surface area (Å²) < 4.78 is 0. The second-order valence-corrected chi connectivity index (χ2v) is 3.72. The monoisotopic (exact) mass is 234 g/mol. The van der Waals surface area contributed by atoms with Crippen LogP contribution in [0.15, 0.2) is 36.4 Å². The molecule has 0 aliphatic carbocycles. The molecule has 0 saturated carbocycles. The molecule has 2 aromatic rings. The SMILES string of the molecule is Nc1ccc(CNc2ccc(Cl)nn2)cc1. The molecule has 0 radical (unpaired) electrons. The van der Waals surface area contributed by atoms with Crippen LogP contribution in [0, 0.1) is 0 Å². The highest BCUT2D eigenvalue weighted by atomic mass is 35.5. The van der Waals surface area contributed by atoms with E-state index in [1.807, 2.05) is 24.3 Å². The molecule has 1 heterocycles. The van der Waals surface area contributed by atoms with Crippen LogP contribution in [0.3, 0.4) is 0 Å². The minimum atomic E-state index is 0.387. The summed E-state index contributed by atoms with van der Waals surface area (Å²) in [4.78, 5) is 0. The molecule has 0 spiro atoms. The lowest BCUT2D eigenvalue weighted by Crippen LogP contribution is -2.02. The Bertz CT molecular complexity index is 407. The highest BCUT2D eigenvalue weighted by Gasteiger charge is 1.96. The Morgan fingerprint density at radius 3 is 2.44 bits per heavy atom. The van der Waals surface area contributed by atoms with Crippen LogP contribution in [-0.2, 0) is 6.54 Å². The van der Waals surface area contributed by atoms with E-state index in [2.05, 4.69) is 15.5 Å². The van der Waals surface area contributed by atoms with Gasteiger partial charge in [0.25, 0.3) is 0 Å². The van der Waals surface area contributed by atoms with E-state index in [-0.39, 0.29) is 0 Å². The van der Waals surface area contributed by atoms with Crippen LogP contribution in [0.25, 0.3) is 0 Å². The summed E-state index contributed by atoms with van der Waals surface area (Å²) in [6.45, 7) is 0.677. The first-order valence-corrected chi connectivity index (χ1v) is 5.19. The smallest absolute Gasteiger partial charge is 0.151 e. The number of nitrogens with one attached hydrogen (secondary N) is 1. The molecule has 2 rings (SSSR count). The fourth-order valence-corrected chi connectivity index (χ4v) is 1.34. The minimum absolute atomic E-state index is 0.387. The average molecular weight is 235 g/mol. The largest absolute Gasteiger partial charge is 0.399 e. The molecule has 0 aliphatic heterocycles. The normalized spacial score (nSPS) is 10.1. The van der Waals surface area contributed by atoms with Gasteiger partial charge in [-0.25, -0.2) is 0 Å². The van der Waals surface area contributed by atoms with Gasteiger partial charge in [-0.15, -0.1) is 10.2 Å². The fourth-order valence-electron chi connectivity index (χ4n) is 1.24. The number of halogens is 1. The highest BCUT2D eigenvalue weighted by Crippen LogP contribution is 2.09. The number of hydrogen-bond donors (Lipinski definition) is 2. The first kappa shape index (κ1) is 10.7. The first-order valence-electron chi connectivity index (χ1n) is 4.81. The van der Waals surface area contributed by atoms with Gasteiger partial charge >= 0.3 is 0 Å². The summed E-state index contributed by atoms with van der Waals surface area (Å²) in [6.07, 6.45) is 0. The van der Waals surface area contributed by atoms with Gasteiger partial charge in [-0.1, -0.05) is 23.7 Å². The average Bonchev–Trinajstić information content (AvgIpc) is 2.30. The standard InChI is InChI=1S/C11H11ClN4/c12-10-5-6-11(16-15-10)14-7-8-1-3-9(13)4-2-8/h1-6H,7,13H2,(H,14,16). The van der Waals surface area contributed by atoms with Crippen LogP contribution in [0.4, 0.5) is 11.5 Å². The Labute approximate surface area is 98.5 Å². The predicted octanol–water partition coefficient (Wildman–Crippen LogP) is 2.32. The van der Waals surface area contributed by atoms with Crippen molar-refractivity contribution in [3.63, 3.8) is 0 Å². The van der Waals surface area contributed by atoms with Crippen molar-refractivity contribution in [1.82, 2.24) is 10.2 Å². The third kappa shape index (κ3) is 2.84. The summed E-state index contributed by atoms with van der Waals surface area (Å²) in [5, 5.41) is 11.2. The number of benzene rings is 1. The molecule has 4 nitrogen and oxygen atoms in total. The number of nitrogens with two attached hydrogens (primary N) is 1. The van der Waals surface area contributed by atoms with Crippen molar-refractivity contribution < 1.29 is 0 Å². The second-order valence-electron chi connectivity index (χ2n) is 3.34. The summed E-state index contributed by atoms with van der Waals surface area (Å²) >= 11 is 5.63. The molecule has 1 aromatic heterocycles. The minimum Gasteiger partial charge on any atom is -0.399 e. The Morgan fingerprint density at radius 1 is 1.06 bits per heavy atom. The van der Waals surface area contributed by atoms with Gasteiger partial charge in [0.05, 0.1) is 0 Å². The van der Waals surface area contributed by atoms with Crippen molar-refractivity contribution in [1.29, 1.82) is 0 Å². The van der Waals surface area contributed by atoms with Gasteiger partial charge in [-0.3, -0.25) is 0 Å². The van der Waals surface area contributed by atoms with Crippen molar-refractivity contribution in [3.05, 3.63) is 47.1 Å². The predicted molar refractivity (Wildman–Crippen MR) is 65.2 cm³/mol. The molecule has 0 unspecified atom stereocenters. The molecule has 3 N–H and O–H groups in total. The van der Waals surface area contributed by atoms with E-state index in [0.29, 0.717) is 17.5 Å². The van der Waals surface area contributed by atoms with Gasteiger partial charge in [0.2, 0.25) is 0 Å². The molecular formula is C11H11ClN4. The summed E-state index contributed by atoms with van der Waals surface area (Å²) in [6, 6.07) is 11.1. The van der Waals surface area contributed by atoms with E-state index >= 15 is 0 Å². The number of anilines is 2. The third-order valence-corrected chi connectivity index (χ3v) is 2.29. The Balaban J connectivity index is 1.97. The molecule has 16 heavy (non-hydrogen) atoms. The van der Waals surface area contributed by atoms with Crippen molar-refractivity contribution in [3.8, 4) is 0 Å². The maximum absolute atomic E-state index is 5.63. The van der Waals surface area contributed by atoms with Crippen molar-refractivity contribution in [2.45, 2.75) is 6.54 Å². The molecule has 0 bridgehead atoms. The number of aromatic nitrogens is 2. The first-order chi connectivity index (χ1) is 7.74. The molecule has 0 aliphatic rings. The Morgan fingerprint density at radius 2 is 1.81 bits per heavy atom. The van der Waals surface area contributed by atoms with Gasteiger partial charge in [0.15, 0.2) is 5.15 Å².